The number of ether oxygens (including phenoxy) is 1. The lowest BCUT2D eigenvalue weighted by Crippen LogP contribution is -2.49. The fourth-order valence-corrected chi connectivity index (χ4v) is 3.88. The number of hydrogen-bond acceptors (Lipinski definition) is 7. The fraction of sp³-hybridized carbons (Fsp3) is 0.409. The molecule has 2 rings (SSSR count). The Morgan fingerprint density at radius 3 is 2.32 bits per heavy atom. The van der Waals surface area contributed by atoms with Gasteiger partial charge in [0.1, 0.15) is 16.5 Å². The number of nitrogens with two attached hydrogens (primary N) is 1. The molecule has 2 aromatic rings. The van der Waals surface area contributed by atoms with Gasteiger partial charge in [-0.1, -0.05) is 24.3 Å². The van der Waals surface area contributed by atoms with Gasteiger partial charge in [0.05, 0.1) is 0 Å². The SMILES string of the molecule is CC(C)(C)OC(=O)N[C@@H](CCC(N)=O)C(=O)NCCNc1cccc2c(S(=O)(=O)O)cccc12. The minimum absolute atomic E-state index is 0.00950. The highest BCUT2D eigenvalue weighted by atomic mass is 32.2. The number of primary amides is 1. The van der Waals surface area contributed by atoms with E-state index in [4.69, 9.17) is 10.5 Å². The van der Waals surface area contributed by atoms with Crippen molar-refractivity contribution in [2.45, 2.75) is 50.2 Å². The Morgan fingerprint density at radius 2 is 1.71 bits per heavy atom. The van der Waals surface area contributed by atoms with Crippen molar-refractivity contribution >= 4 is 44.5 Å². The van der Waals surface area contributed by atoms with E-state index in [2.05, 4.69) is 16.0 Å². The first kappa shape index (κ1) is 26.9. The molecule has 0 aliphatic rings. The smallest absolute Gasteiger partial charge is 0.408 e. The second-order valence-electron chi connectivity index (χ2n) is 8.55. The third-order valence-electron chi connectivity index (χ3n) is 4.59. The van der Waals surface area contributed by atoms with Crippen molar-refractivity contribution < 1.29 is 32.1 Å². The zero-order valence-electron chi connectivity index (χ0n) is 19.3. The van der Waals surface area contributed by atoms with Crippen LogP contribution in [0.4, 0.5) is 10.5 Å². The molecular weight excluding hydrogens is 464 g/mol. The quantitative estimate of drug-likeness (QED) is 0.245. The number of carbonyl (C=O) groups is 3. The molecule has 2 aromatic carbocycles. The molecule has 0 aromatic heterocycles. The van der Waals surface area contributed by atoms with Gasteiger partial charge >= 0.3 is 6.09 Å². The van der Waals surface area contributed by atoms with Gasteiger partial charge in [-0.25, -0.2) is 4.79 Å². The second-order valence-corrected chi connectivity index (χ2v) is 9.94. The van der Waals surface area contributed by atoms with Gasteiger partial charge in [0.2, 0.25) is 11.8 Å². The molecule has 0 unspecified atom stereocenters. The minimum atomic E-state index is -4.39. The van der Waals surface area contributed by atoms with Crippen molar-refractivity contribution in [1.29, 1.82) is 0 Å². The van der Waals surface area contributed by atoms with Crippen molar-refractivity contribution in [3.8, 4) is 0 Å². The van der Waals surface area contributed by atoms with E-state index in [0.29, 0.717) is 16.5 Å². The summed E-state index contributed by atoms with van der Waals surface area (Å²) in [7, 11) is -4.39. The third-order valence-corrected chi connectivity index (χ3v) is 5.50. The summed E-state index contributed by atoms with van der Waals surface area (Å²) < 4.78 is 37.9. The van der Waals surface area contributed by atoms with Gasteiger partial charge in [0.15, 0.2) is 0 Å². The summed E-state index contributed by atoms with van der Waals surface area (Å²) in [5.41, 5.74) is 5.01. The van der Waals surface area contributed by atoms with Gasteiger partial charge in [0, 0.05) is 36.0 Å². The predicted octanol–water partition coefficient (Wildman–Crippen LogP) is 1.77. The maximum absolute atomic E-state index is 12.6. The zero-order valence-corrected chi connectivity index (χ0v) is 20.1. The Balaban J connectivity index is 2.01. The number of benzene rings is 2. The predicted molar refractivity (Wildman–Crippen MR) is 127 cm³/mol. The fourth-order valence-electron chi connectivity index (χ4n) is 3.17. The van der Waals surface area contributed by atoms with E-state index < -0.39 is 39.7 Å². The number of fused-ring (bicyclic) bond motifs is 1. The summed E-state index contributed by atoms with van der Waals surface area (Å²) in [5.74, 6) is -1.12. The molecule has 0 fully saturated rings. The summed E-state index contributed by atoms with van der Waals surface area (Å²) in [5, 5.41) is 9.16. The van der Waals surface area contributed by atoms with Gasteiger partial charge < -0.3 is 26.4 Å². The van der Waals surface area contributed by atoms with Crippen LogP contribution >= 0.6 is 0 Å². The molecular formula is C22H30N4O7S. The van der Waals surface area contributed by atoms with Crippen LogP contribution in [-0.2, 0) is 24.4 Å². The normalized spacial score (nSPS) is 12.6. The van der Waals surface area contributed by atoms with Crippen molar-refractivity contribution in [3.05, 3.63) is 36.4 Å². The molecule has 12 heteroatoms. The molecule has 186 valence electrons. The van der Waals surface area contributed by atoms with Crippen LogP contribution in [0.5, 0.6) is 0 Å². The molecule has 0 radical (unpaired) electrons. The van der Waals surface area contributed by atoms with Crippen LogP contribution in [0, 0.1) is 0 Å². The molecule has 0 aliphatic carbocycles. The van der Waals surface area contributed by atoms with E-state index in [-0.39, 0.29) is 30.8 Å². The summed E-state index contributed by atoms with van der Waals surface area (Å²) in [6.45, 7) is 5.49. The molecule has 34 heavy (non-hydrogen) atoms. The number of amides is 3. The number of hydrogen-bond donors (Lipinski definition) is 5. The monoisotopic (exact) mass is 494 g/mol. The van der Waals surface area contributed by atoms with Crippen LogP contribution in [0.15, 0.2) is 41.3 Å². The van der Waals surface area contributed by atoms with Gasteiger partial charge in [-0.15, -0.1) is 0 Å². The first-order valence-corrected chi connectivity index (χ1v) is 12.0. The van der Waals surface area contributed by atoms with Gasteiger partial charge in [-0.3, -0.25) is 14.1 Å². The van der Waals surface area contributed by atoms with E-state index in [1.54, 1.807) is 45.0 Å². The summed E-state index contributed by atoms with van der Waals surface area (Å²) in [6, 6.07) is 8.47. The van der Waals surface area contributed by atoms with Crippen molar-refractivity contribution in [2.75, 3.05) is 18.4 Å². The van der Waals surface area contributed by atoms with E-state index in [1.165, 1.54) is 12.1 Å². The topological polar surface area (TPSA) is 177 Å². The Morgan fingerprint density at radius 1 is 1.06 bits per heavy atom. The lowest BCUT2D eigenvalue weighted by atomic mass is 10.1. The molecule has 0 spiro atoms. The Bertz CT molecular complexity index is 1160. The number of rotatable bonds is 10. The van der Waals surface area contributed by atoms with Crippen LogP contribution in [0.3, 0.4) is 0 Å². The molecule has 0 heterocycles. The summed E-state index contributed by atoms with van der Waals surface area (Å²) in [6.07, 6.45) is -0.881. The lowest BCUT2D eigenvalue weighted by Gasteiger charge is -2.23. The van der Waals surface area contributed by atoms with Crippen molar-refractivity contribution in [1.82, 2.24) is 10.6 Å². The van der Waals surface area contributed by atoms with Crippen molar-refractivity contribution in [3.63, 3.8) is 0 Å². The second kappa shape index (κ2) is 11.2. The van der Waals surface area contributed by atoms with Crippen LogP contribution in [0.2, 0.25) is 0 Å². The maximum atomic E-state index is 12.6. The largest absolute Gasteiger partial charge is 0.444 e. The molecule has 11 nitrogen and oxygen atoms in total. The number of carbonyl (C=O) groups excluding carboxylic acids is 3. The number of alkyl carbamates (subject to hydrolysis) is 1. The Labute approximate surface area is 198 Å². The molecule has 0 saturated carbocycles. The highest BCUT2D eigenvalue weighted by molar-refractivity contribution is 7.86. The van der Waals surface area contributed by atoms with Gasteiger partial charge in [-0.05, 0) is 39.3 Å². The highest BCUT2D eigenvalue weighted by Crippen LogP contribution is 2.28. The van der Waals surface area contributed by atoms with E-state index >= 15 is 0 Å². The van der Waals surface area contributed by atoms with E-state index in [1.807, 2.05) is 0 Å². The summed E-state index contributed by atoms with van der Waals surface area (Å²) in [4.78, 5) is 35.6. The lowest BCUT2D eigenvalue weighted by molar-refractivity contribution is -0.123. The van der Waals surface area contributed by atoms with Crippen LogP contribution < -0.4 is 21.7 Å². The maximum Gasteiger partial charge on any atom is 0.408 e. The standard InChI is InChI=1S/C22H30N4O7S/c1-22(2,3)33-21(29)26-17(10-11-19(23)27)20(28)25-13-12-24-16-8-4-7-15-14(16)6-5-9-18(15)34(30,31)32/h4-9,17,24H,10-13H2,1-3H3,(H2,23,27)(H,25,28)(H,26,29)(H,30,31,32)/t17-/m0/s1. The highest BCUT2D eigenvalue weighted by Gasteiger charge is 2.24. The molecule has 3 amide bonds. The molecule has 0 aliphatic heterocycles. The Hall–Kier alpha value is -3.38. The third kappa shape index (κ3) is 8.19. The van der Waals surface area contributed by atoms with Crippen LogP contribution in [0.25, 0.3) is 10.8 Å². The van der Waals surface area contributed by atoms with E-state index in [9.17, 15) is 27.4 Å². The summed E-state index contributed by atoms with van der Waals surface area (Å²) >= 11 is 0. The average molecular weight is 495 g/mol. The molecule has 6 N–H and O–H groups in total. The number of nitrogens with one attached hydrogen (secondary N) is 3. The average Bonchev–Trinajstić information content (AvgIpc) is 2.71. The van der Waals surface area contributed by atoms with Crippen molar-refractivity contribution in [2.24, 2.45) is 5.73 Å². The molecule has 1 atom stereocenters. The molecule has 0 bridgehead atoms. The molecule has 0 saturated heterocycles. The first-order chi connectivity index (χ1) is 15.8. The van der Waals surface area contributed by atoms with Gasteiger partial charge in [-0.2, -0.15) is 8.42 Å². The van der Waals surface area contributed by atoms with Gasteiger partial charge in [0.25, 0.3) is 10.1 Å². The van der Waals surface area contributed by atoms with E-state index in [0.717, 1.165) is 0 Å². The number of anilines is 1. The zero-order chi connectivity index (χ0) is 25.5. The van der Waals surface area contributed by atoms with Crippen LogP contribution in [-0.4, -0.2) is 55.6 Å². The Kier molecular flexibility index (Phi) is 8.82. The first-order valence-electron chi connectivity index (χ1n) is 10.6. The van der Waals surface area contributed by atoms with Crippen LogP contribution in [0.1, 0.15) is 33.6 Å². The minimum Gasteiger partial charge on any atom is -0.444 e.